The highest BCUT2D eigenvalue weighted by atomic mass is 16.4. The largest absolute Gasteiger partial charge is 0.545 e. The Morgan fingerprint density at radius 3 is 2.27 bits per heavy atom. The van der Waals surface area contributed by atoms with Crippen LogP contribution in [0, 0.1) is 19.8 Å². The van der Waals surface area contributed by atoms with Crippen LogP contribution in [0.1, 0.15) is 27.9 Å². The number of carboxylic acids is 1. The topological polar surface area (TPSA) is 89.5 Å². The van der Waals surface area contributed by atoms with Gasteiger partial charge in [-0.15, -0.1) is 0 Å². The summed E-state index contributed by atoms with van der Waals surface area (Å²) in [5.41, 5.74) is 3.46. The first kappa shape index (κ1) is 17.7. The maximum absolute atomic E-state index is 12.5. The van der Waals surface area contributed by atoms with Gasteiger partial charge in [0.05, 0.1) is 11.9 Å². The molecule has 6 nitrogen and oxygen atoms in total. The lowest BCUT2D eigenvalue weighted by molar-refractivity contribution is -0.255. The van der Waals surface area contributed by atoms with Gasteiger partial charge in [0, 0.05) is 24.3 Å². The van der Waals surface area contributed by atoms with E-state index in [-0.39, 0.29) is 23.8 Å². The molecule has 1 aliphatic heterocycles. The maximum Gasteiger partial charge on any atom is 0.229 e. The lowest BCUT2D eigenvalue weighted by Gasteiger charge is -2.18. The average molecular weight is 351 g/mol. The quantitative estimate of drug-likeness (QED) is 0.907. The smallest absolute Gasteiger partial charge is 0.229 e. The van der Waals surface area contributed by atoms with Crippen LogP contribution in [0.3, 0.4) is 0 Å². The van der Waals surface area contributed by atoms with Crippen LogP contribution in [0.5, 0.6) is 0 Å². The van der Waals surface area contributed by atoms with Crippen molar-refractivity contribution in [2.75, 3.05) is 16.8 Å². The number of carboxylic acid groups (broad SMARTS) is 1. The predicted octanol–water partition coefficient (Wildman–Crippen LogP) is 1.66. The molecule has 0 unspecified atom stereocenters. The summed E-state index contributed by atoms with van der Waals surface area (Å²) in [5, 5.41) is 13.5. The summed E-state index contributed by atoms with van der Waals surface area (Å²) in [6, 6.07) is 11.6. The zero-order valence-electron chi connectivity index (χ0n) is 14.6. The number of rotatable bonds is 4. The highest BCUT2D eigenvalue weighted by Crippen LogP contribution is 2.27. The van der Waals surface area contributed by atoms with E-state index in [1.807, 2.05) is 32.0 Å². The standard InChI is InChI=1S/C20H20N2O4/c1-12-7-13(2)9-17(8-12)22-11-15(10-18(22)23)19(24)21-16-5-3-14(4-6-16)20(25)26/h3-9,15H,10-11H2,1-2H3,(H,21,24)(H,25,26)/p-1/t15-/m1/s1. The van der Waals surface area contributed by atoms with Crippen molar-refractivity contribution >= 4 is 29.2 Å². The van der Waals surface area contributed by atoms with E-state index in [1.165, 1.54) is 24.3 Å². The van der Waals surface area contributed by atoms with Crippen molar-refractivity contribution in [2.24, 2.45) is 5.92 Å². The molecule has 0 radical (unpaired) electrons. The molecule has 26 heavy (non-hydrogen) atoms. The van der Waals surface area contributed by atoms with E-state index in [4.69, 9.17) is 0 Å². The van der Waals surface area contributed by atoms with Crippen molar-refractivity contribution in [3.63, 3.8) is 0 Å². The molecule has 0 bridgehead atoms. The fourth-order valence-corrected chi connectivity index (χ4v) is 3.17. The van der Waals surface area contributed by atoms with Crippen LogP contribution in [0.15, 0.2) is 42.5 Å². The van der Waals surface area contributed by atoms with Gasteiger partial charge in [0.25, 0.3) is 0 Å². The number of nitrogens with one attached hydrogen (secondary N) is 1. The number of hydrogen-bond acceptors (Lipinski definition) is 4. The lowest BCUT2D eigenvalue weighted by Crippen LogP contribution is -2.28. The van der Waals surface area contributed by atoms with Gasteiger partial charge in [-0.2, -0.15) is 0 Å². The van der Waals surface area contributed by atoms with Gasteiger partial charge in [-0.25, -0.2) is 0 Å². The molecular weight excluding hydrogens is 332 g/mol. The summed E-state index contributed by atoms with van der Waals surface area (Å²) in [4.78, 5) is 37.2. The molecule has 2 amide bonds. The summed E-state index contributed by atoms with van der Waals surface area (Å²) in [6.45, 7) is 4.26. The first-order chi connectivity index (χ1) is 12.3. The van der Waals surface area contributed by atoms with Gasteiger partial charge in [0.1, 0.15) is 0 Å². The second kappa shape index (κ2) is 7.00. The molecule has 6 heteroatoms. The van der Waals surface area contributed by atoms with Crippen molar-refractivity contribution in [1.82, 2.24) is 0 Å². The number of nitrogens with zero attached hydrogens (tertiary/aromatic N) is 1. The second-order valence-corrected chi connectivity index (χ2v) is 6.61. The summed E-state index contributed by atoms with van der Waals surface area (Å²) in [5.74, 6) is -2.06. The number of benzene rings is 2. The molecule has 1 N–H and O–H groups in total. The van der Waals surface area contributed by atoms with E-state index in [0.29, 0.717) is 12.2 Å². The van der Waals surface area contributed by atoms with Crippen molar-refractivity contribution < 1.29 is 19.5 Å². The monoisotopic (exact) mass is 351 g/mol. The number of hydrogen-bond donors (Lipinski definition) is 1. The molecule has 2 aromatic rings. The fourth-order valence-electron chi connectivity index (χ4n) is 3.17. The molecule has 1 aliphatic rings. The highest BCUT2D eigenvalue weighted by molar-refractivity contribution is 6.03. The van der Waals surface area contributed by atoms with E-state index in [1.54, 1.807) is 4.90 Å². The molecule has 0 aromatic heterocycles. The van der Waals surface area contributed by atoms with Gasteiger partial charge < -0.3 is 20.1 Å². The van der Waals surface area contributed by atoms with Crippen molar-refractivity contribution in [3.05, 3.63) is 59.2 Å². The van der Waals surface area contributed by atoms with E-state index >= 15 is 0 Å². The van der Waals surface area contributed by atoms with Crippen LogP contribution in [0.25, 0.3) is 0 Å². The maximum atomic E-state index is 12.5. The Hall–Kier alpha value is -3.15. The highest BCUT2D eigenvalue weighted by Gasteiger charge is 2.35. The van der Waals surface area contributed by atoms with E-state index in [0.717, 1.165) is 16.8 Å². The molecule has 134 valence electrons. The molecule has 1 atom stereocenters. The molecule has 1 fully saturated rings. The third-order valence-corrected chi connectivity index (χ3v) is 4.40. The van der Waals surface area contributed by atoms with E-state index < -0.39 is 11.9 Å². The predicted molar refractivity (Wildman–Crippen MR) is 95.8 cm³/mol. The minimum absolute atomic E-state index is 0.0417. The minimum Gasteiger partial charge on any atom is -0.545 e. The molecule has 0 saturated carbocycles. The van der Waals surface area contributed by atoms with Gasteiger partial charge in [0.2, 0.25) is 11.8 Å². The molecule has 3 rings (SSSR count). The number of amides is 2. The Balaban J connectivity index is 1.69. The minimum atomic E-state index is -1.27. The third-order valence-electron chi connectivity index (χ3n) is 4.40. The van der Waals surface area contributed by atoms with Gasteiger partial charge in [-0.1, -0.05) is 18.2 Å². The molecule has 1 saturated heterocycles. The van der Waals surface area contributed by atoms with Gasteiger partial charge >= 0.3 is 0 Å². The Morgan fingerprint density at radius 2 is 1.69 bits per heavy atom. The number of aromatic carboxylic acids is 1. The zero-order chi connectivity index (χ0) is 18.8. The van der Waals surface area contributed by atoms with Gasteiger partial charge in [-0.3, -0.25) is 9.59 Å². The van der Waals surface area contributed by atoms with Crippen LogP contribution in [-0.2, 0) is 9.59 Å². The van der Waals surface area contributed by atoms with Crippen molar-refractivity contribution in [3.8, 4) is 0 Å². The first-order valence-electron chi connectivity index (χ1n) is 8.34. The molecule has 1 heterocycles. The van der Waals surface area contributed by atoms with E-state index in [9.17, 15) is 19.5 Å². The van der Waals surface area contributed by atoms with Crippen molar-refractivity contribution in [1.29, 1.82) is 0 Å². The number of carbonyl (C=O) groups is 3. The summed E-state index contributed by atoms with van der Waals surface area (Å²) in [7, 11) is 0. The molecule has 0 aliphatic carbocycles. The summed E-state index contributed by atoms with van der Waals surface area (Å²) in [6.07, 6.45) is 0.149. The van der Waals surface area contributed by atoms with Crippen molar-refractivity contribution in [2.45, 2.75) is 20.3 Å². The molecular formula is C20H19N2O4-. The van der Waals surface area contributed by atoms with Crippen LogP contribution < -0.4 is 15.3 Å². The van der Waals surface area contributed by atoms with Gasteiger partial charge in [-0.05, 0) is 54.8 Å². The first-order valence-corrected chi connectivity index (χ1v) is 8.34. The number of carbonyl (C=O) groups excluding carboxylic acids is 3. The van der Waals surface area contributed by atoms with Crippen LogP contribution in [0.4, 0.5) is 11.4 Å². The Morgan fingerprint density at radius 1 is 1.08 bits per heavy atom. The van der Waals surface area contributed by atoms with Gasteiger partial charge in [0.15, 0.2) is 0 Å². The van der Waals surface area contributed by atoms with Crippen LogP contribution in [-0.4, -0.2) is 24.3 Å². The Kier molecular flexibility index (Phi) is 4.75. The SMILES string of the molecule is Cc1cc(C)cc(N2C[C@H](C(=O)Nc3ccc(C(=O)[O-])cc3)CC2=O)c1. The zero-order valence-corrected chi connectivity index (χ0v) is 14.6. The number of aryl methyl sites for hydroxylation is 2. The van der Waals surface area contributed by atoms with E-state index in [2.05, 4.69) is 5.32 Å². The van der Waals surface area contributed by atoms with Crippen LogP contribution in [0.2, 0.25) is 0 Å². The van der Waals surface area contributed by atoms with Crippen LogP contribution >= 0.6 is 0 Å². The second-order valence-electron chi connectivity index (χ2n) is 6.61. The third kappa shape index (κ3) is 3.74. The Bertz CT molecular complexity index is 854. The summed E-state index contributed by atoms with van der Waals surface area (Å²) >= 11 is 0. The Labute approximate surface area is 151 Å². The average Bonchev–Trinajstić information content (AvgIpc) is 2.96. The fraction of sp³-hybridized carbons (Fsp3) is 0.250. The number of anilines is 2. The lowest BCUT2D eigenvalue weighted by atomic mass is 10.1. The molecule has 0 spiro atoms. The summed E-state index contributed by atoms with van der Waals surface area (Å²) < 4.78 is 0. The molecule has 2 aromatic carbocycles. The normalized spacial score (nSPS) is 16.6.